The van der Waals surface area contributed by atoms with E-state index in [2.05, 4.69) is 47.4 Å². The van der Waals surface area contributed by atoms with E-state index in [4.69, 9.17) is 0 Å². The molecule has 0 spiro atoms. The summed E-state index contributed by atoms with van der Waals surface area (Å²) in [6, 6.07) is 29.9. The molecule has 0 fully saturated rings. The SMILES string of the molecule is [O-][n+]1cccc2ccccc21.c1ccc(-c2cncc3ccccc23)cc1. The summed E-state index contributed by atoms with van der Waals surface area (Å²) in [5.74, 6) is 0. The Morgan fingerprint density at radius 3 is 2.11 bits per heavy atom. The van der Waals surface area contributed by atoms with Gasteiger partial charge in [-0.05, 0) is 23.1 Å². The van der Waals surface area contributed by atoms with Crippen molar-refractivity contribution in [1.82, 2.24) is 4.98 Å². The Kier molecular flexibility index (Phi) is 4.75. The zero-order valence-corrected chi connectivity index (χ0v) is 14.7. The van der Waals surface area contributed by atoms with E-state index >= 15 is 0 Å². The third-order valence-corrected chi connectivity index (χ3v) is 4.42. The maximum Gasteiger partial charge on any atom is 0.223 e. The van der Waals surface area contributed by atoms with Gasteiger partial charge in [-0.3, -0.25) is 4.98 Å². The van der Waals surface area contributed by atoms with Gasteiger partial charge in [-0.2, -0.15) is 4.73 Å². The van der Waals surface area contributed by atoms with Crippen LogP contribution in [0.5, 0.6) is 0 Å². The third-order valence-electron chi connectivity index (χ3n) is 4.42. The summed E-state index contributed by atoms with van der Waals surface area (Å²) in [5, 5.41) is 14.5. The quantitative estimate of drug-likeness (QED) is 0.301. The number of hydrogen-bond acceptors (Lipinski definition) is 2. The van der Waals surface area contributed by atoms with Gasteiger partial charge in [0.05, 0.1) is 0 Å². The topological polar surface area (TPSA) is 39.8 Å². The first-order valence-corrected chi connectivity index (χ1v) is 8.78. The molecule has 3 aromatic carbocycles. The number of hydrogen-bond donors (Lipinski definition) is 0. The first kappa shape index (κ1) is 16.7. The van der Waals surface area contributed by atoms with Gasteiger partial charge < -0.3 is 5.21 Å². The molecule has 5 aromatic rings. The fourth-order valence-electron chi connectivity index (χ4n) is 3.10. The third kappa shape index (κ3) is 3.62. The van der Waals surface area contributed by atoms with Crippen LogP contribution in [0, 0.1) is 5.21 Å². The Balaban J connectivity index is 0.000000143. The van der Waals surface area contributed by atoms with Crippen LogP contribution in [0.25, 0.3) is 32.8 Å². The molecule has 0 aliphatic carbocycles. The van der Waals surface area contributed by atoms with Crippen LogP contribution < -0.4 is 4.73 Å². The summed E-state index contributed by atoms with van der Waals surface area (Å²) in [4.78, 5) is 4.29. The van der Waals surface area contributed by atoms with Gasteiger partial charge in [0.2, 0.25) is 5.52 Å². The molecule has 130 valence electrons. The van der Waals surface area contributed by atoms with E-state index in [0.29, 0.717) is 0 Å². The van der Waals surface area contributed by atoms with Gasteiger partial charge >= 0.3 is 0 Å². The molecule has 0 N–H and O–H groups in total. The molecular weight excluding hydrogens is 332 g/mol. The Hall–Kier alpha value is -3.72. The van der Waals surface area contributed by atoms with Gasteiger partial charge in [0.25, 0.3) is 0 Å². The van der Waals surface area contributed by atoms with Crippen molar-refractivity contribution >= 4 is 21.7 Å². The molecule has 0 atom stereocenters. The summed E-state index contributed by atoms with van der Waals surface area (Å²) in [6.07, 6.45) is 5.34. The number of rotatable bonds is 1. The Labute approximate surface area is 157 Å². The van der Waals surface area contributed by atoms with E-state index in [-0.39, 0.29) is 0 Å². The number of para-hydroxylation sites is 1. The largest absolute Gasteiger partial charge is 0.618 e. The molecule has 2 heterocycles. The van der Waals surface area contributed by atoms with Crippen LogP contribution >= 0.6 is 0 Å². The molecule has 0 amide bonds. The van der Waals surface area contributed by atoms with Crippen molar-refractivity contribution in [2.45, 2.75) is 0 Å². The summed E-state index contributed by atoms with van der Waals surface area (Å²) < 4.78 is 0.870. The smallest absolute Gasteiger partial charge is 0.223 e. The second-order valence-corrected chi connectivity index (χ2v) is 6.17. The lowest BCUT2D eigenvalue weighted by Gasteiger charge is -2.05. The zero-order valence-electron chi connectivity index (χ0n) is 14.7. The standard InChI is InChI=1S/C15H11N.C9H7NO/c1-2-6-12(7-3-1)15-11-16-10-13-8-4-5-9-14(13)15;11-10-7-3-5-8-4-1-2-6-9(8)10/h1-11H;1-7H. The Morgan fingerprint density at radius 1 is 0.630 bits per heavy atom. The van der Waals surface area contributed by atoms with Crippen LogP contribution in [-0.2, 0) is 0 Å². The van der Waals surface area contributed by atoms with Crippen molar-refractivity contribution in [3.05, 3.63) is 115 Å². The molecule has 2 aromatic heterocycles. The second-order valence-electron chi connectivity index (χ2n) is 6.17. The van der Waals surface area contributed by atoms with Crippen LogP contribution in [0.2, 0.25) is 0 Å². The molecule has 3 heteroatoms. The van der Waals surface area contributed by atoms with Gasteiger partial charge in [-0.15, -0.1) is 0 Å². The molecule has 5 rings (SSSR count). The zero-order chi connectivity index (χ0) is 18.5. The van der Waals surface area contributed by atoms with E-state index in [1.807, 2.05) is 54.9 Å². The number of aromatic nitrogens is 2. The van der Waals surface area contributed by atoms with Crippen LogP contribution in [-0.4, -0.2) is 4.98 Å². The van der Waals surface area contributed by atoms with Crippen molar-refractivity contribution in [3.63, 3.8) is 0 Å². The number of fused-ring (bicyclic) bond motifs is 2. The molecule has 0 saturated carbocycles. The number of pyridine rings is 2. The highest BCUT2D eigenvalue weighted by molar-refractivity contribution is 5.95. The second kappa shape index (κ2) is 7.67. The summed E-state index contributed by atoms with van der Waals surface area (Å²) >= 11 is 0. The molecule has 0 aliphatic rings. The maximum absolute atomic E-state index is 11.1. The van der Waals surface area contributed by atoms with E-state index in [1.165, 1.54) is 28.1 Å². The van der Waals surface area contributed by atoms with Gasteiger partial charge in [0, 0.05) is 40.9 Å². The van der Waals surface area contributed by atoms with Gasteiger partial charge in [0.1, 0.15) is 0 Å². The van der Waals surface area contributed by atoms with Crippen LogP contribution in [0.3, 0.4) is 0 Å². The van der Waals surface area contributed by atoms with Crippen molar-refractivity contribution < 1.29 is 4.73 Å². The van der Waals surface area contributed by atoms with Gasteiger partial charge in [-0.25, -0.2) is 0 Å². The average molecular weight is 350 g/mol. The number of benzene rings is 3. The van der Waals surface area contributed by atoms with Crippen molar-refractivity contribution in [1.29, 1.82) is 0 Å². The molecular formula is C24H18N2O. The Bertz CT molecular complexity index is 1180. The van der Waals surface area contributed by atoms with Gasteiger partial charge in [-0.1, -0.05) is 66.7 Å². The molecule has 0 bridgehead atoms. The molecule has 27 heavy (non-hydrogen) atoms. The number of nitrogens with zero attached hydrogens (tertiary/aromatic N) is 2. The van der Waals surface area contributed by atoms with E-state index in [9.17, 15) is 5.21 Å². The normalized spacial score (nSPS) is 10.4. The molecule has 0 saturated heterocycles. The van der Waals surface area contributed by atoms with Crippen LogP contribution in [0.15, 0.2) is 110 Å². The first-order valence-electron chi connectivity index (χ1n) is 8.78. The van der Waals surface area contributed by atoms with E-state index < -0.39 is 0 Å². The summed E-state index contributed by atoms with van der Waals surface area (Å²) in [7, 11) is 0. The minimum atomic E-state index is 0.718. The fraction of sp³-hybridized carbons (Fsp3) is 0. The summed E-state index contributed by atoms with van der Waals surface area (Å²) in [6.45, 7) is 0. The highest BCUT2D eigenvalue weighted by Crippen LogP contribution is 2.26. The fourth-order valence-corrected chi connectivity index (χ4v) is 3.10. The average Bonchev–Trinajstić information content (AvgIpc) is 2.75. The lowest BCUT2D eigenvalue weighted by Crippen LogP contribution is -2.25. The molecule has 0 radical (unpaired) electrons. The monoisotopic (exact) mass is 350 g/mol. The van der Waals surface area contributed by atoms with Crippen molar-refractivity contribution in [2.24, 2.45) is 0 Å². The van der Waals surface area contributed by atoms with Crippen molar-refractivity contribution in [2.75, 3.05) is 0 Å². The predicted octanol–water partition coefficient (Wildman–Crippen LogP) is 5.38. The lowest BCUT2D eigenvalue weighted by atomic mass is 10.0. The Morgan fingerprint density at radius 2 is 1.30 bits per heavy atom. The highest BCUT2D eigenvalue weighted by atomic mass is 16.5. The van der Waals surface area contributed by atoms with E-state index in [0.717, 1.165) is 15.6 Å². The van der Waals surface area contributed by atoms with Gasteiger partial charge in [0.15, 0.2) is 6.20 Å². The van der Waals surface area contributed by atoms with Crippen LogP contribution in [0.4, 0.5) is 0 Å². The summed E-state index contributed by atoms with van der Waals surface area (Å²) in [5.41, 5.74) is 3.13. The lowest BCUT2D eigenvalue weighted by molar-refractivity contribution is -0.577. The highest BCUT2D eigenvalue weighted by Gasteiger charge is 2.02. The van der Waals surface area contributed by atoms with Crippen molar-refractivity contribution in [3.8, 4) is 11.1 Å². The molecule has 0 aliphatic heterocycles. The molecule has 3 nitrogen and oxygen atoms in total. The minimum Gasteiger partial charge on any atom is -0.618 e. The first-order chi connectivity index (χ1) is 13.3. The van der Waals surface area contributed by atoms with E-state index in [1.54, 1.807) is 6.07 Å². The molecule has 0 unspecified atom stereocenters. The maximum atomic E-state index is 11.1. The van der Waals surface area contributed by atoms with Crippen LogP contribution in [0.1, 0.15) is 0 Å². The predicted molar refractivity (Wildman–Crippen MR) is 110 cm³/mol. The minimum absolute atomic E-state index is 0.718.